The fourth-order valence-corrected chi connectivity index (χ4v) is 4.90. The molecule has 0 saturated heterocycles. The number of fused-ring (bicyclic) bond motifs is 3. The SMILES string of the molecule is CN(C(=O)c1cc2c(s1)-c1cc(C=N)ccc1OCC2)c1ccc(C(F)(F)F)cc1Cl. The molecular formula is C22H16ClF3N2O2S. The number of thiophene rings is 1. The molecule has 1 aliphatic heterocycles. The lowest BCUT2D eigenvalue weighted by molar-refractivity contribution is -0.137. The largest absolute Gasteiger partial charge is 0.493 e. The molecule has 0 unspecified atom stereocenters. The molecule has 4 rings (SSSR count). The van der Waals surface area contributed by atoms with Crippen LogP contribution in [0.4, 0.5) is 18.9 Å². The number of carbonyl (C=O) groups excluding carboxylic acids is 1. The second-order valence-corrected chi connectivity index (χ2v) is 8.45. The number of nitrogens with zero attached hydrogens (tertiary/aromatic N) is 1. The average Bonchev–Trinajstić information content (AvgIpc) is 3.08. The first kappa shape index (κ1) is 21.4. The van der Waals surface area contributed by atoms with E-state index >= 15 is 0 Å². The third kappa shape index (κ3) is 4.05. The summed E-state index contributed by atoms with van der Waals surface area (Å²) in [6.07, 6.45) is -2.66. The van der Waals surface area contributed by atoms with Crippen molar-refractivity contribution in [3.8, 4) is 16.2 Å². The Kier molecular flexibility index (Phi) is 5.53. The topological polar surface area (TPSA) is 53.4 Å². The molecule has 1 N–H and O–H groups in total. The van der Waals surface area contributed by atoms with E-state index < -0.39 is 11.7 Å². The predicted molar refractivity (Wildman–Crippen MR) is 116 cm³/mol. The lowest BCUT2D eigenvalue weighted by Gasteiger charge is -2.19. The zero-order valence-corrected chi connectivity index (χ0v) is 17.8. The number of carbonyl (C=O) groups is 1. The molecule has 31 heavy (non-hydrogen) atoms. The highest BCUT2D eigenvalue weighted by atomic mass is 35.5. The van der Waals surface area contributed by atoms with Crippen LogP contribution in [-0.2, 0) is 12.6 Å². The van der Waals surface area contributed by atoms with Crippen LogP contribution in [0.25, 0.3) is 10.4 Å². The molecular weight excluding hydrogens is 449 g/mol. The first-order chi connectivity index (χ1) is 14.7. The van der Waals surface area contributed by atoms with Crippen molar-refractivity contribution in [1.29, 1.82) is 5.41 Å². The summed E-state index contributed by atoms with van der Waals surface area (Å²) in [5, 5.41) is 7.34. The fourth-order valence-electron chi connectivity index (χ4n) is 3.39. The molecule has 3 aromatic rings. The number of halogens is 4. The number of ether oxygens (including phenoxy) is 1. The van der Waals surface area contributed by atoms with Gasteiger partial charge in [0.2, 0.25) is 0 Å². The molecule has 1 aromatic heterocycles. The van der Waals surface area contributed by atoms with Crippen LogP contribution in [0.15, 0.2) is 42.5 Å². The van der Waals surface area contributed by atoms with Crippen LogP contribution in [0, 0.1) is 5.41 Å². The minimum atomic E-state index is -4.51. The maximum atomic E-state index is 13.1. The van der Waals surface area contributed by atoms with E-state index in [9.17, 15) is 18.0 Å². The van der Waals surface area contributed by atoms with Crippen LogP contribution in [0.2, 0.25) is 5.02 Å². The molecule has 0 aliphatic carbocycles. The third-order valence-electron chi connectivity index (χ3n) is 5.00. The van der Waals surface area contributed by atoms with Crippen LogP contribution in [0.3, 0.4) is 0 Å². The standard InChI is InChI=1S/C22H16ClF3N2O2S/c1-28(17-4-3-14(10-16(17)23)22(24,25)26)21(29)19-9-13-6-7-30-18-5-2-12(11-27)8-15(18)20(13)31-19/h2-5,8-11,27H,6-7H2,1H3. The number of amides is 1. The molecule has 2 heterocycles. The minimum absolute atomic E-state index is 0.154. The van der Waals surface area contributed by atoms with E-state index in [4.69, 9.17) is 21.7 Å². The van der Waals surface area contributed by atoms with Crippen LogP contribution in [0.1, 0.15) is 26.4 Å². The van der Waals surface area contributed by atoms with E-state index in [1.54, 1.807) is 18.2 Å². The molecule has 4 nitrogen and oxygen atoms in total. The van der Waals surface area contributed by atoms with Gasteiger partial charge < -0.3 is 15.0 Å². The van der Waals surface area contributed by atoms with Gasteiger partial charge in [0.05, 0.1) is 27.8 Å². The van der Waals surface area contributed by atoms with Crippen molar-refractivity contribution in [1.82, 2.24) is 0 Å². The van der Waals surface area contributed by atoms with Crippen molar-refractivity contribution in [2.75, 3.05) is 18.6 Å². The van der Waals surface area contributed by atoms with Gasteiger partial charge in [-0.15, -0.1) is 11.3 Å². The molecule has 1 amide bonds. The molecule has 0 spiro atoms. The van der Waals surface area contributed by atoms with Gasteiger partial charge in [-0.1, -0.05) is 11.6 Å². The maximum absolute atomic E-state index is 13.1. The van der Waals surface area contributed by atoms with Gasteiger partial charge in [-0.25, -0.2) is 0 Å². The van der Waals surface area contributed by atoms with E-state index in [1.165, 1.54) is 35.6 Å². The minimum Gasteiger partial charge on any atom is -0.493 e. The number of anilines is 1. The number of nitrogens with one attached hydrogen (secondary N) is 1. The molecule has 9 heteroatoms. The molecule has 1 aliphatic rings. The van der Waals surface area contributed by atoms with Gasteiger partial charge in [-0.05, 0) is 53.6 Å². The highest BCUT2D eigenvalue weighted by molar-refractivity contribution is 7.17. The van der Waals surface area contributed by atoms with Gasteiger partial charge in [0.15, 0.2) is 0 Å². The summed E-state index contributed by atoms with van der Waals surface area (Å²) in [5.41, 5.74) is 1.79. The zero-order chi connectivity index (χ0) is 22.3. The van der Waals surface area contributed by atoms with Gasteiger partial charge in [-0.2, -0.15) is 13.2 Å². The number of benzene rings is 2. The van der Waals surface area contributed by atoms with E-state index in [2.05, 4.69) is 0 Å². The molecule has 0 atom stereocenters. The van der Waals surface area contributed by atoms with Crippen molar-refractivity contribution in [3.63, 3.8) is 0 Å². The van der Waals surface area contributed by atoms with Gasteiger partial charge in [0.25, 0.3) is 5.91 Å². The Labute approximate surface area is 185 Å². The Morgan fingerprint density at radius 3 is 2.68 bits per heavy atom. The predicted octanol–water partition coefficient (Wildman–Crippen LogP) is 6.30. The fraction of sp³-hybridized carbons (Fsp3) is 0.182. The van der Waals surface area contributed by atoms with E-state index in [0.29, 0.717) is 29.2 Å². The van der Waals surface area contributed by atoms with Crippen molar-refractivity contribution in [2.45, 2.75) is 12.6 Å². The van der Waals surface area contributed by atoms with E-state index in [-0.39, 0.29) is 16.6 Å². The number of rotatable bonds is 3. The van der Waals surface area contributed by atoms with Crippen LogP contribution in [-0.4, -0.2) is 25.8 Å². The summed E-state index contributed by atoms with van der Waals surface area (Å²) in [6.45, 7) is 0.453. The lowest BCUT2D eigenvalue weighted by atomic mass is 10.1. The normalized spacial score (nSPS) is 12.9. The number of hydrogen-bond acceptors (Lipinski definition) is 4. The molecule has 160 valence electrons. The third-order valence-corrected chi connectivity index (χ3v) is 6.51. The van der Waals surface area contributed by atoms with Crippen LogP contribution in [0.5, 0.6) is 5.75 Å². The highest BCUT2D eigenvalue weighted by Crippen LogP contribution is 2.42. The second kappa shape index (κ2) is 8.01. The summed E-state index contributed by atoms with van der Waals surface area (Å²) >= 11 is 7.34. The van der Waals surface area contributed by atoms with E-state index in [0.717, 1.165) is 28.1 Å². The van der Waals surface area contributed by atoms with Crippen molar-refractivity contribution in [3.05, 3.63) is 69.1 Å². The Morgan fingerprint density at radius 1 is 1.23 bits per heavy atom. The smallest absolute Gasteiger partial charge is 0.416 e. The average molecular weight is 465 g/mol. The first-order valence-corrected chi connectivity index (χ1v) is 10.4. The Hall–Kier alpha value is -2.84. The van der Waals surface area contributed by atoms with Crippen molar-refractivity contribution >= 4 is 40.7 Å². The summed E-state index contributed by atoms with van der Waals surface area (Å²) in [4.78, 5) is 15.7. The molecule has 0 fully saturated rings. The quantitative estimate of drug-likeness (QED) is 0.463. The Balaban J connectivity index is 1.69. The van der Waals surface area contributed by atoms with Crippen LogP contribution < -0.4 is 9.64 Å². The highest BCUT2D eigenvalue weighted by Gasteiger charge is 2.32. The maximum Gasteiger partial charge on any atom is 0.416 e. The van der Waals surface area contributed by atoms with Crippen LogP contribution >= 0.6 is 22.9 Å². The summed E-state index contributed by atoms with van der Waals surface area (Å²) < 4.78 is 44.5. The van der Waals surface area contributed by atoms with Gasteiger partial charge in [-0.3, -0.25) is 4.79 Å². The van der Waals surface area contributed by atoms with Gasteiger partial charge in [0.1, 0.15) is 5.75 Å². The van der Waals surface area contributed by atoms with Crippen molar-refractivity contribution < 1.29 is 22.7 Å². The van der Waals surface area contributed by atoms with E-state index in [1.807, 2.05) is 6.07 Å². The number of alkyl halides is 3. The molecule has 0 saturated carbocycles. The molecule has 2 aromatic carbocycles. The van der Waals surface area contributed by atoms with Gasteiger partial charge in [0, 0.05) is 30.1 Å². The van der Waals surface area contributed by atoms with Crippen molar-refractivity contribution in [2.24, 2.45) is 0 Å². The Bertz CT molecular complexity index is 1190. The zero-order valence-electron chi connectivity index (χ0n) is 16.2. The second-order valence-electron chi connectivity index (χ2n) is 6.99. The molecule has 0 radical (unpaired) electrons. The lowest BCUT2D eigenvalue weighted by Crippen LogP contribution is -2.25. The summed E-state index contributed by atoms with van der Waals surface area (Å²) in [5.74, 6) is 0.315. The Morgan fingerprint density at radius 2 is 2.00 bits per heavy atom. The summed E-state index contributed by atoms with van der Waals surface area (Å²) in [7, 11) is 1.48. The first-order valence-electron chi connectivity index (χ1n) is 9.24. The summed E-state index contributed by atoms with van der Waals surface area (Å²) in [6, 6.07) is 10.1. The van der Waals surface area contributed by atoms with Gasteiger partial charge >= 0.3 is 6.18 Å². The number of hydrogen-bond donors (Lipinski definition) is 1. The monoisotopic (exact) mass is 464 g/mol. The molecule has 0 bridgehead atoms.